The Bertz CT molecular complexity index is 372. The summed E-state index contributed by atoms with van der Waals surface area (Å²) >= 11 is 0. The molecule has 0 aliphatic heterocycles. The normalized spacial score (nSPS) is 10.9. The van der Waals surface area contributed by atoms with Crippen molar-refractivity contribution in [3.8, 4) is 0 Å². The van der Waals surface area contributed by atoms with Gasteiger partial charge in [0, 0.05) is 19.5 Å². The molecule has 4 heteroatoms. The summed E-state index contributed by atoms with van der Waals surface area (Å²) in [5.41, 5.74) is 0. The molecule has 0 saturated heterocycles. The summed E-state index contributed by atoms with van der Waals surface area (Å²) < 4.78 is 5.32. The maximum atomic E-state index is 12.6. The molecule has 0 unspecified atom stereocenters. The monoisotopic (exact) mass is 411 g/mol. The maximum absolute atomic E-state index is 12.6. The number of hydrogen-bond acceptors (Lipinski definition) is 3. The van der Waals surface area contributed by atoms with Crippen molar-refractivity contribution in [1.82, 2.24) is 4.90 Å². The third-order valence-corrected chi connectivity index (χ3v) is 5.47. The predicted molar refractivity (Wildman–Crippen MR) is 123 cm³/mol. The van der Waals surface area contributed by atoms with E-state index in [1.54, 1.807) is 0 Å². The molecule has 0 atom stereocenters. The zero-order chi connectivity index (χ0) is 21.6. The van der Waals surface area contributed by atoms with Gasteiger partial charge in [-0.05, 0) is 19.3 Å². The van der Waals surface area contributed by atoms with Gasteiger partial charge in [0.25, 0.3) is 0 Å². The third kappa shape index (κ3) is 18.7. The number of carbonyl (C=O) groups excluding carboxylic acids is 2. The Labute approximate surface area is 181 Å². The molecule has 0 rings (SSSR count). The van der Waals surface area contributed by atoms with Crippen LogP contribution >= 0.6 is 0 Å². The van der Waals surface area contributed by atoms with E-state index in [0.29, 0.717) is 6.61 Å². The van der Waals surface area contributed by atoms with Gasteiger partial charge in [0.05, 0.1) is 13.0 Å². The van der Waals surface area contributed by atoms with Crippen molar-refractivity contribution in [2.75, 3.05) is 19.7 Å². The molecule has 0 aromatic carbocycles. The van der Waals surface area contributed by atoms with Crippen molar-refractivity contribution in [3.63, 3.8) is 0 Å². The molecule has 0 N–H and O–H groups in total. The van der Waals surface area contributed by atoms with E-state index in [-0.39, 0.29) is 24.7 Å². The van der Waals surface area contributed by atoms with Crippen LogP contribution < -0.4 is 0 Å². The molecular formula is C25H49NO3. The first kappa shape index (κ1) is 27.9. The predicted octanol–water partition coefficient (Wildman–Crippen LogP) is 7.05. The zero-order valence-corrected chi connectivity index (χ0v) is 19.8. The highest BCUT2D eigenvalue weighted by molar-refractivity contribution is 5.81. The molecule has 0 fully saturated rings. The van der Waals surface area contributed by atoms with E-state index in [4.69, 9.17) is 4.74 Å². The van der Waals surface area contributed by atoms with E-state index in [2.05, 4.69) is 20.8 Å². The minimum Gasteiger partial charge on any atom is -0.466 e. The Hall–Kier alpha value is -1.06. The molecule has 0 spiro atoms. The molecule has 0 aliphatic rings. The van der Waals surface area contributed by atoms with E-state index in [0.717, 1.165) is 38.8 Å². The van der Waals surface area contributed by atoms with Crippen LogP contribution in [0.15, 0.2) is 0 Å². The van der Waals surface area contributed by atoms with Crippen molar-refractivity contribution in [1.29, 1.82) is 0 Å². The first-order valence-electron chi connectivity index (χ1n) is 12.6. The number of rotatable bonds is 21. The highest BCUT2D eigenvalue weighted by atomic mass is 16.5. The molecular weight excluding hydrogens is 362 g/mol. The standard InChI is InChI=1S/C25H49NO3/c1-4-7-10-13-14-15-18-23-29-25(28)20-19-24(27)26(21-16-11-8-5-2)22-17-12-9-6-3/h4-23H2,1-3H3. The number of unbranched alkanes of at least 4 members (excludes halogenated alkanes) is 12. The number of nitrogens with zero attached hydrogens (tertiary/aromatic N) is 1. The van der Waals surface area contributed by atoms with Gasteiger partial charge in [-0.2, -0.15) is 0 Å². The molecule has 0 aromatic rings. The van der Waals surface area contributed by atoms with Gasteiger partial charge < -0.3 is 9.64 Å². The second-order valence-corrected chi connectivity index (χ2v) is 8.34. The van der Waals surface area contributed by atoms with Gasteiger partial charge in [-0.3, -0.25) is 9.59 Å². The Morgan fingerprint density at radius 2 is 1.03 bits per heavy atom. The lowest BCUT2D eigenvalue weighted by Crippen LogP contribution is -2.33. The van der Waals surface area contributed by atoms with E-state index >= 15 is 0 Å². The molecule has 0 aromatic heterocycles. The molecule has 0 saturated carbocycles. The fourth-order valence-electron chi connectivity index (χ4n) is 3.50. The second kappa shape index (κ2) is 21.6. The molecule has 172 valence electrons. The van der Waals surface area contributed by atoms with Crippen LogP contribution in [0.25, 0.3) is 0 Å². The van der Waals surface area contributed by atoms with Crippen molar-refractivity contribution >= 4 is 11.9 Å². The first-order valence-corrected chi connectivity index (χ1v) is 12.6. The summed E-state index contributed by atoms with van der Waals surface area (Å²) in [5, 5.41) is 0. The SMILES string of the molecule is CCCCCCCCCOC(=O)CCC(=O)N(CCCCCC)CCCCCC. The first-order chi connectivity index (χ1) is 14.2. The number of amides is 1. The van der Waals surface area contributed by atoms with Gasteiger partial charge in [-0.25, -0.2) is 0 Å². The molecule has 4 nitrogen and oxygen atoms in total. The summed E-state index contributed by atoms with van der Waals surface area (Å²) in [5.74, 6) is -0.105. The lowest BCUT2D eigenvalue weighted by atomic mass is 10.1. The van der Waals surface area contributed by atoms with Crippen LogP contribution in [0.1, 0.15) is 130 Å². The van der Waals surface area contributed by atoms with Crippen molar-refractivity contribution in [3.05, 3.63) is 0 Å². The van der Waals surface area contributed by atoms with Crippen LogP contribution in [-0.2, 0) is 14.3 Å². The molecule has 1 amide bonds. The quantitative estimate of drug-likeness (QED) is 0.150. The third-order valence-electron chi connectivity index (χ3n) is 5.47. The van der Waals surface area contributed by atoms with Crippen LogP contribution in [-0.4, -0.2) is 36.5 Å². The van der Waals surface area contributed by atoms with Crippen LogP contribution in [0.2, 0.25) is 0 Å². The fraction of sp³-hybridized carbons (Fsp3) is 0.920. The molecule has 0 aliphatic carbocycles. The van der Waals surface area contributed by atoms with Crippen molar-refractivity contribution in [2.24, 2.45) is 0 Å². The molecule has 0 heterocycles. The lowest BCUT2D eigenvalue weighted by molar-refractivity contribution is -0.146. The Balaban J connectivity index is 3.98. The van der Waals surface area contributed by atoms with Gasteiger partial charge in [0.2, 0.25) is 5.91 Å². The summed E-state index contributed by atoms with van der Waals surface area (Å²) in [7, 11) is 0. The van der Waals surface area contributed by atoms with Gasteiger partial charge >= 0.3 is 5.97 Å². The highest BCUT2D eigenvalue weighted by Gasteiger charge is 2.15. The Kier molecular flexibility index (Phi) is 20.9. The lowest BCUT2D eigenvalue weighted by Gasteiger charge is -2.23. The minimum absolute atomic E-state index is 0.117. The van der Waals surface area contributed by atoms with E-state index < -0.39 is 0 Å². The van der Waals surface area contributed by atoms with Crippen LogP contribution in [0, 0.1) is 0 Å². The zero-order valence-electron chi connectivity index (χ0n) is 19.8. The average molecular weight is 412 g/mol. The van der Waals surface area contributed by atoms with Crippen molar-refractivity contribution in [2.45, 2.75) is 130 Å². The van der Waals surface area contributed by atoms with Gasteiger partial charge in [-0.15, -0.1) is 0 Å². The van der Waals surface area contributed by atoms with Crippen LogP contribution in [0.5, 0.6) is 0 Å². The minimum atomic E-state index is -0.221. The van der Waals surface area contributed by atoms with Gasteiger partial charge in [0.15, 0.2) is 0 Å². The highest BCUT2D eigenvalue weighted by Crippen LogP contribution is 2.09. The molecule has 29 heavy (non-hydrogen) atoms. The van der Waals surface area contributed by atoms with Crippen molar-refractivity contribution < 1.29 is 14.3 Å². The van der Waals surface area contributed by atoms with Gasteiger partial charge in [0.1, 0.15) is 0 Å². The maximum Gasteiger partial charge on any atom is 0.306 e. The Morgan fingerprint density at radius 1 is 0.586 bits per heavy atom. The molecule has 0 radical (unpaired) electrons. The number of ether oxygens (including phenoxy) is 1. The van der Waals surface area contributed by atoms with E-state index in [9.17, 15) is 9.59 Å². The summed E-state index contributed by atoms with van der Waals surface area (Å²) in [6.45, 7) is 8.79. The van der Waals surface area contributed by atoms with E-state index in [1.165, 1.54) is 70.6 Å². The topological polar surface area (TPSA) is 46.6 Å². The van der Waals surface area contributed by atoms with Gasteiger partial charge in [-0.1, -0.05) is 97.8 Å². The number of carbonyl (C=O) groups is 2. The average Bonchev–Trinajstić information content (AvgIpc) is 2.72. The van der Waals surface area contributed by atoms with Crippen LogP contribution in [0.4, 0.5) is 0 Å². The summed E-state index contributed by atoms with van der Waals surface area (Å²) in [6, 6.07) is 0. The Morgan fingerprint density at radius 3 is 1.55 bits per heavy atom. The van der Waals surface area contributed by atoms with E-state index in [1.807, 2.05) is 4.90 Å². The summed E-state index contributed by atoms with van der Waals surface area (Å²) in [6.07, 6.45) is 18.3. The smallest absolute Gasteiger partial charge is 0.306 e. The number of hydrogen-bond donors (Lipinski definition) is 0. The van der Waals surface area contributed by atoms with Crippen LogP contribution in [0.3, 0.4) is 0 Å². The second-order valence-electron chi connectivity index (χ2n) is 8.34. The largest absolute Gasteiger partial charge is 0.466 e. The molecule has 0 bridgehead atoms. The fourth-order valence-corrected chi connectivity index (χ4v) is 3.50. The summed E-state index contributed by atoms with van der Waals surface area (Å²) in [4.78, 5) is 26.5. The number of esters is 1.